The van der Waals surface area contributed by atoms with Crippen molar-refractivity contribution in [2.24, 2.45) is 23.2 Å². The van der Waals surface area contributed by atoms with Gasteiger partial charge < -0.3 is 9.73 Å². The zero-order valence-electron chi connectivity index (χ0n) is 15.9. The summed E-state index contributed by atoms with van der Waals surface area (Å²) in [7, 11) is 0. The molecule has 0 spiro atoms. The summed E-state index contributed by atoms with van der Waals surface area (Å²) in [6.45, 7) is 0. The van der Waals surface area contributed by atoms with E-state index < -0.39 is 0 Å². The van der Waals surface area contributed by atoms with Gasteiger partial charge in [0.1, 0.15) is 5.52 Å². The Kier molecular flexibility index (Phi) is 3.47. The fourth-order valence-corrected chi connectivity index (χ4v) is 6.36. The van der Waals surface area contributed by atoms with Crippen LogP contribution in [0.5, 0.6) is 0 Å². The molecule has 4 saturated carbocycles. The SMILES string of the molecule is O=C(Nc1ccc2nc(-c3ccccc3)oc2c1)C12CC3CC(CC(C3)C1)C2. The third-order valence-corrected chi connectivity index (χ3v) is 7.19. The quantitative estimate of drug-likeness (QED) is 0.646. The Hall–Kier alpha value is -2.62. The van der Waals surface area contributed by atoms with Crippen molar-refractivity contribution in [3.05, 3.63) is 48.5 Å². The number of amides is 1. The highest BCUT2D eigenvalue weighted by Crippen LogP contribution is 2.60. The first-order valence-electron chi connectivity index (χ1n) is 10.4. The molecule has 4 aliphatic rings. The predicted octanol–water partition coefficient (Wildman–Crippen LogP) is 5.65. The lowest BCUT2D eigenvalue weighted by Gasteiger charge is -2.55. The van der Waals surface area contributed by atoms with Crippen LogP contribution in [-0.2, 0) is 4.79 Å². The molecule has 4 aliphatic carbocycles. The number of fused-ring (bicyclic) bond motifs is 1. The summed E-state index contributed by atoms with van der Waals surface area (Å²) in [5.74, 6) is 3.13. The van der Waals surface area contributed by atoms with Crippen molar-refractivity contribution in [3.8, 4) is 11.5 Å². The van der Waals surface area contributed by atoms with Crippen molar-refractivity contribution in [3.63, 3.8) is 0 Å². The molecule has 4 bridgehead atoms. The Balaban J connectivity index is 1.27. The maximum atomic E-state index is 13.3. The summed E-state index contributed by atoms with van der Waals surface area (Å²) >= 11 is 0. The molecule has 1 amide bonds. The highest BCUT2D eigenvalue weighted by atomic mass is 16.3. The Morgan fingerprint density at radius 2 is 1.64 bits per heavy atom. The van der Waals surface area contributed by atoms with Gasteiger partial charge in [0.05, 0.1) is 5.41 Å². The molecule has 0 aliphatic heterocycles. The summed E-state index contributed by atoms with van der Waals surface area (Å²) in [6, 6.07) is 15.7. The van der Waals surface area contributed by atoms with Crippen LogP contribution in [0.3, 0.4) is 0 Å². The number of benzene rings is 2. The first-order valence-corrected chi connectivity index (χ1v) is 10.4. The molecule has 1 N–H and O–H groups in total. The molecule has 0 radical (unpaired) electrons. The normalized spacial score (nSPS) is 30.6. The van der Waals surface area contributed by atoms with E-state index >= 15 is 0 Å². The Labute approximate surface area is 164 Å². The molecule has 4 heteroatoms. The molecule has 2 aromatic carbocycles. The smallest absolute Gasteiger partial charge is 0.230 e. The van der Waals surface area contributed by atoms with Crippen LogP contribution in [0, 0.1) is 23.2 Å². The van der Waals surface area contributed by atoms with E-state index in [1.165, 1.54) is 19.3 Å². The topological polar surface area (TPSA) is 55.1 Å². The zero-order valence-corrected chi connectivity index (χ0v) is 15.9. The van der Waals surface area contributed by atoms with Gasteiger partial charge in [0, 0.05) is 17.3 Å². The van der Waals surface area contributed by atoms with Crippen molar-refractivity contribution in [1.29, 1.82) is 0 Å². The number of nitrogens with zero attached hydrogens (tertiary/aromatic N) is 1. The minimum atomic E-state index is -0.139. The number of aromatic nitrogens is 1. The number of anilines is 1. The maximum absolute atomic E-state index is 13.3. The number of nitrogens with one attached hydrogen (secondary N) is 1. The molecule has 28 heavy (non-hydrogen) atoms. The van der Waals surface area contributed by atoms with Gasteiger partial charge in [-0.2, -0.15) is 0 Å². The lowest BCUT2D eigenvalue weighted by molar-refractivity contribution is -0.140. The van der Waals surface area contributed by atoms with Crippen LogP contribution in [0.25, 0.3) is 22.6 Å². The third kappa shape index (κ3) is 2.58. The molecule has 7 rings (SSSR count). The average molecular weight is 372 g/mol. The van der Waals surface area contributed by atoms with E-state index in [4.69, 9.17) is 4.42 Å². The Bertz CT molecular complexity index is 1020. The average Bonchev–Trinajstić information content (AvgIpc) is 3.11. The minimum absolute atomic E-state index is 0.139. The lowest BCUT2D eigenvalue weighted by atomic mass is 9.49. The minimum Gasteiger partial charge on any atom is -0.436 e. The summed E-state index contributed by atoms with van der Waals surface area (Å²) in [4.78, 5) is 17.8. The van der Waals surface area contributed by atoms with Crippen molar-refractivity contribution >= 4 is 22.7 Å². The fraction of sp³-hybridized carbons (Fsp3) is 0.417. The fourth-order valence-electron chi connectivity index (χ4n) is 6.36. The molecule has 0 saturated heterocycles. The number of rotatable bonds is 3. The number of carbonyl (C=O) groups is 1. The predicted molar refractivity (Wildman–Crippen MR) is 109 cm³/mol. The van der Waals surface area contributed by atoms with E-state index in [1.54, 1.807) is 0 Å². The molecule has 3 aromatic rings. The number of carbonyl (C=O) groups excluding carboxylic acids is 1. The lowest BCUT2D eigenvalue weighted by Crippen LogP contribution is -2.51. The number of hydrogen-bond donors (Lipinski definition) is 1. The zero-order chi connectivity index (χ0) is 18.7. The molecular formula is C24H24N2O2. The second-order valence-electron chi connectivity index (χ2n) is 9.22. The van der Waals surface area contributed by atoms with Gasteiger partial charge in [-0.15, -0.1) is 0 Å². The summed E-state index contributed by atoms with van der Waals surface area (Å²) < 4.78 is 5.96. The summed E-state index contributed by atoms with van der Waals surface area (Å²) in [5, 5.41) is 3.21. The van der Waals surface area contributed by atoms with Crippen LogP contribution >= 0.6 is 0 Å². The highest BCUT2D eigenvalue weighted by Gasteiger charge is 2.54. The van der Waals surface area contributed by atoms with Crippen LogP contribution in [0.2, 0.25) is 0 Å². The molecule has 0 atom stereocenters. The Morgan fingerprint density at radius 3 is 2.32 bits per heavy atom. The van der Waals surface area contributed by atoms with Crippen LogP contribution < -0.4 is 5.32 Å². The van der Waals surface area contributed by atoms with Gasteiger partial charge >= 0.3 is 0 Å². The largest absolute Gasteiger partial charge is 0.436 e. The van der Waals surface area contributed by atoms with Crippen molar-refractivity contribution in [1.82, 2.24) is 4.98 Å². The van der Waals surface area contributed by atoms with Crippen molar-refractivity contribution < 1.29 is 9.21 Å². The molecule has 0 unspecified atom stereocenters. The van der Waals surface area contributed by atoms with Crippen LogP contribution in [0.4, 0.5) is 5.69 Å². The second-order valence-corrected chi connectivity index (χ2v) is 9.22. The van der Waals surface area contributed by atoms with Gasteiger partial charge in [-0.05, 0) is 80.5 Å². The Morgan fingerprint density at radius 1 is 0.964 bits per heavy atom. The summed E-state index contributed by atoms with van der Waals surface area (Å²) in [5.41, 5.74) is 3.15. The van der Waals surface area contributed by atoms with Gasteiger partial charge in [-0.3, -0.25) is 4.79 Å². The molecule has 1 heterocycles. The molecular weight excluding hydrogens is 348 g/mol. The van der Waals surface area contributed by atoms with E-state index in [0.29, 0.717) is 11.5 Å². The molecule has 1 aromatic heterocycles. The summed E-state index contributed by atoms with van der Waals surface area (Å²) in [6.07, 6.45) is 7.27. The van der Waals surface area contributed by atoms with E-state index in [2.05, 4.69) is 10.3 Å². The van der Waals surface area contributed by atoms with Gasteiger partial charge in [0.15, 0.2) is 5.58 Å². The van der Waals surface area contributed by atoms with Crippen molar-refractivity contribution in [2.75, 3.05) is 5.32 Å². The van der Waals surface area contributed by atoms with Crippen LogP contribution in [0.15, 0.2) is 52.9 Å². The van der Waals surface area contributed by atoms with Gasteiger partial charge in [-0.25, -0.2) is 4.98 Å². The van der Waals surface area contributed by atoms with Gasteiger partial charge in [-0.1, -0.05) is 18.2 Å². The van der Waals surface area contributed by atoms with E-state index in [-0.39, 0.29) is 11.3 Å². The monoisotopic (exact) mass is 372 g/mol. The molecule has 142 valence electrons. The number of hydrogen-bond acceptors (Lipinski definition) is 3. The maximum Gasteiger partial charge on any atom is 0.230 e. The van der Waals surface area contributed by atoms with E-state index in [0.717, 1.165) is 53.8 Å². The van der Waals surface area contributed by atoms with Gasteiger partial charge in [0.2, 0.25) is 11.8 Å². The number of oxazole rings is 1. The standard InChI is InChI=1S/C24H24N2O2/c27-23(24-12-15-8-16(13-24)10-17(9-15)14-24)25-19-6-7-20-21(11-19)28-22(26-20)18-4-2-1-3-5-18/h1-7,11,15-17H,8-10,12-14H2,(H,25,27). The van der Waals surface area contributed by atoms with Gasteiger partial charge in [0.25, 0.3) is 0 Å². The van der Waals surface area contributed by atoms with Crippen LogP contribution in [-0.4, -0.2) is 10.9 Å². The first kappa shape index (κ1) is 16.3. The van der Waals surface area contributed by atoms with E-state index in [9.17, 15) is 4.79 Å². The highest BCUT2D eigenvalue weighted by molar-refractivity contribution is 5.97. The van der Waals surface area contributed by atoms with Crippen molar-refractivity contribution in [2.45, 2.75) is 38.5 Å². The molecule has 4 nitrogen and oxygen atoms in total. The molecule has 4 fully saturated rings. The third-order valence-electron chi connectivity index (χ3n) is 7.19. The first-order chi connectivity index (χ1) is 13.7. The van der Waals surface area contributed by atoms with E-state index in [1.807, 2.05) is 48.5 Å². The second kappa shape index (κ2) is 5.94. The van der Waals surface area contributed by atoms with Crippen LogP contribution in [0.1, 0.15) is 38.5 Å².